The smallest absolute Gasteiger partial charge is 0.175 e. The molecule has 0 aliphatic carbocycles. The Labute approximate surface area is 156 Å². The van der Waals surface area contributed by atoms with Gasteiger partial charge in [0.05, 0.1) is 22.0 Å². The molecule has 0 aliphatic heterocycles. The van der Waals surface area contributed by atoms with Gasteiger partial charge in [-0.25, -0.2) is 4.98 Å². The Morgan fingerprint density at radius 3 is 2.46 bits per heavy atom. The molecule has 4 rings (SSSR count). The number of carbonyl (C=O) groups excluding carboxylic acids is 1. The maximum Gasteiger partial charge on any atom is 0.175 e. The van der Waals surface area contributed by atoms with Crippen LogP contribution in [0.25, 0.3) is 22.2 Å². The fourth-order valence-electron chi connectivity index (χ4n) is 3.25. The van der Waals surface area contributed by atoms with Crippen LogP contribution >= 0.6 is 11.8 Å². The number of nitrogens with zero attached hydrogens (tertiary/aromatic N) is 2. The summed E-state index contributed by atoms with van der Waals surface area (Å²) in [5.74, 6) is 0.488. The maximum atomic E-state index is 13.2. The number of Topliss-reactive ketones (excluding diaryl/α,β-unsaturated/α-hetero) is 1. The molecule has 0 N–H and O–H groups in total. The molecular weight excluding hydrogens is 340 g/mol. The van der Waals surface area contributed by atoms with Gasteiger partial charge in [0.15, 0.2) is 5.78 Å². The maximum absolute atomic E-state index is 13.2. The normalized spacial score (nSPS) is 11.0. The highest BCUT2D eigenvalue weighted by molar-refractivity contribution is 7.99. The van der Waals surface area contributed by atoms with E-state index in [0.717, 1.165) is 32.7 Å². The van der Waals surface area contributed by atoms with Crippen LogP contribution in [0.3, 0.4) is 0 Å². The number of pyridine rings is 1. The van der Waals surface area contributed by atoms with Crippen LogP contribution in [0.1, 0.15) is 10.4 Å². The first-order valence-corrected chi connectivity index (χ1v) is 9.44. The van der Waals surface area contributed by atoms with Crippen molar-refractivity contribution < 1.29 is 4.79 Å². The van der Waals surface area contributed by atoms with E-state index in [2.05, 4.69) is 27.8 Å². The monoisotopic (exact) mass is 358 g/mol. The highest BCUT2D eigenvalue weighted by atomic mass is 32.2. The molecule has 0 unspecified atom stereocenters. The van der Waals surface area contributed by atoms with Crippen LogP contribution in [0.4, 0.5) is 0 Å². The number of carbonyl (C=O) groups is 1. The van der Waals surface area contributed by atoms with E-state index in [0.29, 0.717) is 5.75 Å². The number of aryl methyl sites for hydroxylation is 1. The van der Waals surface area contributed by atoms with E-state index in [4.69, 9.17) is 0 Å². The number of para-hydroxylation sites is 1. The molecule has 4 heteroatoms. The topological polar surface area (TPSA) is 34.9 Å². The Morgan fingerprint density at radius 1 is 0.962 bits per heavy atom. The number of ketones is 1. The Bertz CT molecular complexity index is 1060. The molecule has 0 fully saturated rings. The minimum Gasteiger partial charge on any atom is -0.343 e. The molecular formula is C22H18N2OS. The summed E-state index contributed by atoms with van der Waals surface area (Å²) in [5, 5.41) is 1.86. The number of thioether (sulfide) groups is 1. The number of hydrogen-bond acceptors (Lipinski definition) is 3. The van der Waals surface area contributed by atoms with Gasteiger partial charge in [-0.05, 0) is 23.8 Å². The van der Waals surface area contributed by atoms with Gasteiger partial charge < -0.3 is 4.57 Å². The minimum atomic E-state index is 0.122. The van der Waals surface area contributed by atoms with Gasteiger partial charge in [0, 0.05) is 24.1 Å². The van der Waals surface area contributed by atoms with E-state index in [1.165, 1.54) is 11.8 Å². The van der Waals surface area contributed by atoms with Gasteiger partial charge in [0.25, 0.3) is 0 Å². The average Bonchev–Trinajstić information content (AvgIpc) is 3.00. The molecule has 0 aliphatic rings. The predicted molar refractivity (Wildman–Crippen MR) is 108 cm³/mol. The number of benzene rings is 2. The molecule has 0 amide bonds. The molecule has 4 aromatic rings. The molecule has 0 saturated carbocycles. The van der Waals surface area contributed by atoms with Crippen LogP contribution in [-0.4, -0.2) is 21.1 Å². The molecule has 3 nitrogen and oxygen atoms in total. The Hall–Kier alpha value is -2.85. The molecule has 26 heavy (non-hydrogen) atoms. The highest BCUT2D eigenvalue weighted by Crippen LogP contribution is 2.34. The molecule has 2 aromatic carbocycles. The van der Waals surface area contributed by atoms with Crippen LogP contribution in [0.5, 0.6) is 0 Å². The van der Waals surface area contributed by atoms with Gasteiger partial charge in [-0.3, -0.25) is 4.79 Å². The summed E-state index contributed by atoms with van der Waals surface area (Å²) in [6.45, 7) is 0. The molecule has 128 valence electrons. The lowest BCUT2D eigenvalue weighted by atomic mass is 10.0. The molecule has 0 saturated heterocycles. The van der Waals surface area contributed by atoms with E-state index in [1.807, 2.05) is 61.6 Å². The summed E-state index contributed by atoms with van der Waals surface area (Å²) in [4.78, 5) is 17.5. The van der Waals surface area contributed by atoms with Crippen LogP contribution < -0.4 is 0 Å². The van der Waals surface area contributed by atoms with E-state index in [1.54, 1.807) is 6.20 Å². The standard InChI is InChI=1S/C22H18N2OS/c1-24-18-12-6-5-11-17(18)21(22(24)16-9-3-2-4-10-16)19(25)15-26-20-13-7-8-14-23-20/h2-14H,15H2,1H3. The first-order valence-electron chi connectivity index (χ1n) is 8.45. The summed E-state index contributed by atoms with van der Waals surface area (Å²) in [6.07, 6.45) is 1.75. The van der Waals surface area contributed by atoms with E-state index in [-0.39, 0.29) is 5.78 Å². The van der Waals surface area contributed by atoms with E-state index < -0.39 is 0 Å². The lowest BCUT2D eigenvalue weighted by Crippen LogP contribution is -2.05. The third-order valence-corrected chi connectivity index (χ3v) is 5.37. The second-order valence-electron chi connectivity index (χ2n) is 6.05. The molecule has 0 bridgehead atoms. The van der Waals surface area contributed by atoms with Crippen LogP contribution in [0.15, 0.2) is 84.0 Å². The number of aromatic nitrogens is 2. The van der Waals surface area contributed by atoms with Crippen molar-refractivity contribution in [1.29, 1.82) is 0 Å². The van der Waals surface area contributed by atoms with Gasteiger partial charge in [-0.1, -0.05) is 66.4 Å². The van der Waals surface area contributed by atoms with Gasteiger partial charge in [0.2, 0.25) is 0 Å². The van der Waals surface area contributed by atoms with Crippen molar-refractivity contribution in [3.8, 4) is 11.3 Å². The number of rotatable bonds is 5. The Kier molecular flexibility index (Phi) is 4.59. The van der Waals surface area contributed by atoms with Gasteiger partial charge in [-0.15, -0.1) is 0 Å². The summed E-state index contributed by atoms with van der Waals surface area (Å²) in [6, 6.07) is 23.9. The SMILES string of the molecule is Cn1c(-c2ccccc2)c(C(=O)CSc2ccccn2)c2ccccc21. The Balaban J connectivity index is 1.79. The fraction of sp³-hybridized carbons (Fsp3) is 0.0909. The van der Waals surface area contributed by atoms with Crippen molar-refractivity contribution in [3.63, 3.8) is 0 Å². The number of hydrogen-bond donors (Lipinski definition) is 0. The lowest BCUT2D eigenvalue weighted by Gasteiger charge is -2.08. The largest absolute Gasteiger partial charge is 0.343 e. The second-order valence-corrected chi connectivity index (χ2v) is 7.04. The first-order chi connectivity index (χ1) is 12.8. The summed E-state index contributed by atoms with van der Waals surface area (Å²) >= 11 is 1.48. The zero-order valence-corrected chi connectivity index (χ0v) is 15.2. The average molecular weight is 358 g/mol. The molecule has 2 aromatic heterocycles. The third-order valence-electron chi connectivity index (χ3n) is 4.42. The van der Waals surface area contributed by atoms with Crippen molar-refractivity contribution in [2.75, 3.05) is 5.75 Å². The second kappa shape index (κ2) is 7.18. The zero-order valence-electron chi connectivity index (χ0n) is 14.4. The lowest BCUT2D eigenvalue weighted by molar-refractivity contribution is 0.102. The van der Waals surface area contributed by atoms with Gasteiger partial charge >= 0.3 is 0 Å². The fourth-order valence-corrected chi connectivity index (χ4v) is 3.99. The van der Waals surface area contributed by atoms with Crippen molar-refractivity contribution >= 4 is 28.4 Å². The van der Waals surface area contributed by atoms with Gasteiger partial charge in [0.1, 0.15) is 0 Å². The Morgan fingerprint density at radius 2 is 1.69 bits per heavy atom. The zero-order chi connectivity index (χ0) is 17.9. The van der Waals surface area contributed by atoms with Crippen LogP contribution in [0.2, 0.25) is 0 Å². The summed E-state index contributed by atoms with van der Waals surface area (Å²) in [7, 11) is 2.02. The predicted octanol–water partition coefficient (Wildman–Crippen LogP) is 5.22. The quantitative estimate of drug-likeness (QED) is 0.363. The van der Waals surface area contributed by atoms with Crippen molar-refractivity contribution in [3.05, 3.63) is 84.6 Å². The van der Waals surface area contributed by atoms with Crippen molar-refractivity contribution in [1.82, 2.24) is 9.55 Å². The van der Waals surface area contributed by atoms with Crippen molar-refractivity contribution in [2.45, 2.75) is 5.03 Å². The molecule has 0 atom stereocenters. The van der Waals surface area contributed by atoms with Gasteiger partial charge in [-0.2, -0.15) is 0 Å². The minimum absolute atomic E-state index is 0.122. The van der Waals surface area contributed by atoms with Crippen molar-refractivity contribution in [2.24, 2.45) is 7.05 Å². The molecule has 0 radical (unpaired) electrons. The number of fused-ring (bicyclic) bond motifs is 1. The molecule has 0 spiro atoms. The highest BCUT2D eigenvalue weighted by Gasteiger charge is 2.22. The van der Waals surface area contributed by atoms with E-state index >= 15 is 0 Å². The van der Waals surface area contributed by atoms with Crippen LogP contribution in [0, 0.1) is 0 Å². The summed E-state index contributed by atoms with van der Waals surface area (Å²) in [5.41, 5.74) is 3.88. The van der Waals surface area contributed by atoms with Crippen LogP contribution in [-0.2, 0) is 7.05 Å². The third kappa shape index (κ3) is 3.04. The summed E-state index contributed by atoms with van der Waals surface area (Å²) < 4.78 is 2.11. The van der Waals surface area contributed by atoms with E-state index in [9.17, 15) is 4.79 Å². The molecule has 2 heterocycles. The first kappa shape index (κ1) is 16.6.